The summed E-state index contributed by atoms with van der Waals surface area (Å²) < 4.78 is 42.1. The molecule has 0 saturated heterocycles. The maximum atomic E-state index is 12.6. The van der Waals surface area contributed by atoms with Crippen LogP contribution in [0.3, 0.4) is 0 Å². The van der Waals surface area contributed by atoms with E-state index in [2.05, 4.69) is 35.6 Å². The molecule has 176 valence electrons. The number of carbonyl (C=O) groups excluding carboxylic acids is 2. The molecule has 0 spiro atoms. The van der Waals surface area contributed by atoms with Crippen molar-refractivity contribution < 1.29 is 27.5 Å². The zero-order valence-electron chi connectivity index (χ0n) is 17.7. The van der Waals surface area contributed by atoms with Crippen molar-refractivity contribution in [2.45, 2.75) is 19.1 Å². The molecule has 0 aliphatic carbocycles. The summed E-state index contributed by atoms with van der Waals surface area (Å²) in [6.07, 6.45) is -0.0482. The number of alkyl halides is 3. The van der Waals surface area contributed by atoms with Gasteiger partial charge in [0.1, 0.15) is 36.1 Å². The third kappa shape index (κ3) is 6.35. The molecule has 0 radical (unpaired) electrons. The molecule has 0 aromatic carbocycles. The van der Waals surface area contributed by atoms with Crippen LogP contribution in [-0.2, 0) is 9.53 Å². The molecule has 0 saturated carbocycles. The number of H-pyrrole nitrogens is 1. The van der Waals surface area contributed by atoms with Crippen molar-refractivity contribution in [3.63, 3.8) is 0 Å². The van der Waals surface area contributed by atoms with Crippen LogP contribution < -0.4 is 16.0 Å². The molecule has 0 bridgehead atoms. The Bertz CT molecular complexity index is 1130. The van der Waals surface area contributed by atoms with Gasteiger partial charge in [-0.2, -0.15) is 13.2 Å². The molecule has 14 heteroatoms. The zero-order chi connectivity index (χ0) is 24.0. The number of aromatic nitrogens is 5. The number of carbonyl (C=O) groups is 2. The number of amides is 2. The zero-order valence-corrected chi connectivity index (χ0v) is 17.7. The number of hydrogen-bond acceptors (Lipinski definition) is 8. The Morgan fingerprint density at radius 3 is 2.76 bits per heavy atom. The smallest absolute Gasteiger partial charge is 0.383 e. The van der Waals surface area contributed by atoms with Crippen molar-refractivity contribution in [2.24, 2.45) is 0 Å². The Labute approximate surface area is 185 Å². The minimum Gasteiger partial charge on any atom is -0.383 e. The Kier molecular flexibility index (Phi) is 7.37. The van der Waals surface area contributed by atoms with E-state index in [1.807, 2.05) is 0 Å². The highest BCUT2D eigenvalue weighted by molar-refractivity contribution is 5.95. The van der Waals surface area contributed by atoms with Crippen LogP contribution in [0.5, 0.6) is 0 Å². The second-order valence-electron chi connectivity index (χ2n) is 6.90. The lowest BCUT2D eigenvalue weighted by Gasteiger charge is -2.16. The normalized spacial score (nSPS) is 12.4. The van der Waals surface area contributed by atoms with Gasteiger partial charge >= 0.3 is 6.18 Å². The maximum absolute atomic E-state index is 12.6. The standard InChI is InChI=1S/C19H21F3N8O3/c1-10(17(31)26-8-19(20,21)22)28-14-5-13(18(32)24-3-4-33-2)29-16(30-14)12-7-25-15-11(12)6-23-9-27-15/h5-7,9-10H,3-4,8H2,1-2H3,(H,24,32)(H,26,31)(H,23,25,27)(H,28,29,30)/t10-/m0/s1. The second kappa shape index (κ2) is 10.2. The van der Waals surface area contributed by atoms with E-state index in [-0.39, 0.29) is 30.5 Å². The average molecular weight is 466 g/mol. The van der Waals surface area contributed by atoms with Crippen LogP contribution in [0.1, 0.15) is 17.4 Å². The number of aromatic amines is 1. The van der Waals surface area contributed by atoms with Crippen LogP contribution in [-0.4, -0.2) is 75.8 Å². The molecule has 3 rings (SSSR count). The quantitative estimate of drug-likeness (QED) is 0.345. The van der Waals surface area contributed by atoms with Crippen molar-refractivity contribution in [3.05, 3.63) is 30.5 Å². The fraction of sp³-hybridized carbons (Fsp3) is 0.368. The van der Waals surface area contributed by atoms with E-state index in [1.165, 1.54) is 26.4 Å². The van der Waals surface area contributed by atoms with Gasteiger partial charge < -0.3 is 25.7 Å². The lowest BCUT2D eigenvalue weighted by molar-refractivity contribution is -0.138. The van der Waals surface area contributed by atoms with Gasteiger partial charge in [-0.1, -0.05) is 0 Å². The predicted molar refractivity (Wildman–Crippen MR) is 111 cm³/mol. The monoisotopic (exact) mass is 466 g/mol. The predicted octanol–water partition coefficient (Wildman–Crippen LogP) is 1.27. The maximum Gasteiger partial charge on any atom is 0.405 e. The number of anilines is 1. The first-order valence-electron chi connectivity index (χ1n) is 9.72. The Balaban J connectivity index is 1.90. The molecule has 33 heavy (non-hydrogen) atoms. The van der Waals surface area contributed by atoms with E-state index in [1.54, 1.807) is 17.7 Å². The van der Waals surface area contributed by atoms with E-state index in [0.29, 0.717) is 16.6 Å². The average Bonchev–Trinajstić information content (AvgIpc) is 3.21. The summed E-state index contributed by atoms with van der Waals surface area (Å²) in [4.78, 5) is 44.3. The number of methoxy groups -OCH3 is 1. The molecule has 0 aliphatic rings. The summed E-state index contributed by atoms with van der Waals surface area (Å²) in [6.45, 7) is 0.417. The van der Waals surface area contributed by atoms with E-state index in [9.17, 15) is 22.8 Å². The van der Waals surface area contributed by atoms with Gasteiger partial charge in [-0.05, 0) is 6.92 Å². The van der Waals surface area contributed by atoms with E-state index in [0.717, 1.165) is 0 Å². The fourth-order valence-corrected chi connectivity index (χ4v) is 2.79. The van der Waals surface area contributed by atoms with Crippen LogP contribution in [0.4, 0.5) is 19.0 Å². The van der Waals surface area contributed by atoms with E-state index in [4.69, 9.17) is 4.74 Å². The fourth-order valence-electron chi connectivity index (χ4n) is 2.79. The molecule has 3 heterocycles. The van der Waals surface area contributed by atoms with Crippen LogP contribution in [0, 0.1) is 0 Å². The number of hydrogen-bond donors (Lipinski definition) is 4. The number of rotatable bonds is 9. The van der Waals surface area contributed by atoms with Gasteiger partial charge in [0.05, 0.1) is 6.61 Å². The first-order valence-corrected chi connectivity index (χ1v) is 9.72. The van der Waals surface area contributed by atoms with Crippen LogP contribution >= 0.6 is 0 Å². The lowest BCUT2D eigenvalue weighted by Crippen LogP contribution is -2.42. The Hall–Kier alpha value is -3.81. The van der Waals surface area contributed by atoms with Crippen LogP contribution in [0.15, 0.2) is 24.8 Å². The highest BCUT2D eigenvalue weighted by Gasteiger charge is 2.29. The minimum absolute atomic E-state index is 0.0206. The molecule has 4 N–H and O–H groups in total. The van der Waals surface area contributed by atoms with Gasteiger partial charge in [-0.3, -0.25) is 9.59 Å². The molecule has 2 amide bonds. The van der Waals surface area contributed by atoms with Gasteiger partial charge in [-0.25, -0.2) is 19.9 Å². The van der Waals surface area contributed by atoms with Gasteiger partial charge in [0.15, 0.2) is 5.82 Å². The van der Waals surface area contributed by atoms with Crippen LogP contribution in [0.25, 0.3) is 22.4 Å². The lowest BCUT2D eigenvalue weighted by atomic mass is 10.2. The number of nitrogens with one attached hydrogen (secondary N) is 4. The van der Waals surface area contributed by atoms with E-state index >= 15 is 0 Å². The summed E-state index contributed by atoms with van der Waals surface area (Å²) in [5.41, 5.74) is 0.995. The molecule has 0 unspecified atom stereocenters. The van der Waals surface area contributed by atoms with Gasteiger partial charge in [0, 0.05) is 43.1 Å². The first-order chi connectivity index (χ1) is 15.7. The largest absolute Gasteiger partial charge is 0.405 e. The summed E-state index contributed by atoms with van der Waals surface area (Å²) in [6, 6.07) is 0.218. The van der Waals surface area contributed by atoms with Crippen molar-refractivity contribution in [3.8, 4) is 11.4 Å². The van der Waals surface area contributed by atoms with Crippen molar-refractivity contribution in [2.75, 3.05) is 32.1 Å². The molecular weight excluding hydrogens is 445 g/mol. The SMILES string of the molecule is COCCNC(=O)c1cc(N[C@@H](C)C(=O)NCC(F)(F)F)nc(-c2c[nH]c3ncncc23)n1. The molecule has 11 nitrogen and oxygen atoms in total. The van der Waals surface area contributed by atoms with Gasteiger partial charge in [0.25, 0.3) is 5.91 Å². The molecule has 0 aliphatic heterocycles. The molecule has 3 aromatic rings. The molecule has 3 aromatic heterocycles. The van der Waals surface area contributed by atoms with Crippen molar-refractivity contribution >= 4 is 28.7 Å². The third-order valence-electron chi connectivity index (χ3n) is 4.37. The number of fused-ring (bicyclic) bond motifs is 1. The summed E-state index contributed by atoms with van der Waals surface area (Å²) in [5.74, 6) is -1.22. The second-order valence-corrected chi connectivity index (χ2v) is 6.90. The Morgan fingerprint density at radius 2 is 2.03 bits per heavy atom. The topological polar surface area (TPSA) is 147 Å². The number of nitrogens with zero attached hydrogens (tertiary/aromatic N) is 4. The number of halogens is 3. The van der Waals surface area contributed by atoms with Crippen molar-refractivity contribution in [1.82, 2.24) is 35.6 Å². The number of ether oxygens (including phenoxy) is 1. The molecule has 1 atom stereocenters. The summed E-state index contributed by atoms with van der Waals surface area (Å²) >= 11 is 0. The van der Waals surface area contributed by atoms with Crippen molar-refractivity contribution in [1.29, 1.82) is 0 Å². The third-order valence-corrected chi connectivity index (χ3v) is 4.37. The summed E-state index contributed by atoms with van der Waals surface area (Å²) in [7, 11) is 1.49. The van der Waals surface area contributed by atoms with E-state index < -0.39 is 30.6 Å². The molecule has 0 fully saturated rings. The van der Waals surface area contributed by atoms with Crippen LogP contribution in [0.2, 0.25) is 0 Å². The first kappa shape index (κ1) is 23.8. The summed E-state index contributed by atoms with van der Waals surface area (Å²) in [5, 5.41) is 7.74. The highest BCUT2D eigenvalue weighted by atomic mass is 19.4. The van der Waals surface area contributed by atoms with Gasteiger partial charge in [0.2, 0.25) is 5.91 Å². The molecular formula is C19H21F3N8O3. The highest BCUT2D eigenvalue weighted by Crippen LogP contribution is 2.25. The minimum atomic E-state index is -4.54. The van der Waals surface area contributed by atoms with Gasteiger partial charge in [-0.15, -0.1) is 0 Å². The Morgan fingerprint density at radius 1 is 1.24 bits per heavy atom.